The highest BCUT2D eigenvalue weighted by atomic mass is 16.5. The first-order chi connectivity index (χ1) is 12.9. The van der Waals surface area contributed by atoms with Crippen molar-refractivity contribution in [1.82, 2.24) is 9.97 Å². The molecule has 0 aliphatic rings. The van der Waals surface area contributed by atoms with E-state index in [4.69, 9.17) is 4.74 Å². The minimum absolute atomic E-state index is 0.373. The standard InChI is InChI=1S/C21H21N3O3/c1-13-14(2)23-19(22-13)16-9-11-17(12-10-16)21(26)27-15(3)20(25)24-18-7-5-4-6-8-18/h4-12,15H,1-3H3,(H,22,23)(H,24,25). The first-order valence-corrected chi connectivity index (χ1v) is 8.64. The number of imidazole rings is 1. The third kappa shape index (κ3) is 4.41. The monoisotopic (exact) mass is 363 g/mol. The molecule has 0 saturated carbocycles. The van der Waals surface area contributed by atoms with Crippen LogP contribution in [0.15, 0.2) is 54.6 Å². The molecule has 6 heteroatoms. The Bertz CT molecular complexity index is 927. The highest BCUT2D eigenvalue weighted by Gasteiger charge is 2.19. The maximum absolute atomic E-state index is 12.3. The Kier molecular flexibility index (Phi) is 5.35. The normalized spacial score (nSPS) is 11.7. The van der Waals surface area contributed by atoms with Gasteiger partial charge in [0.2, 0.25) is 0 Å². The molecule has 2 N–H and O–H groups in total. The number of hydrogen-bond donors (Lipinski definition) is 2. The summed E-state index contributed by atoms with van der Waals surface area (Å²) in [7, 11) is 0. The number of aryl methyl sites for hydroxylation is 2. The predicted octanol–water partition coefficient (Wildman–Crippen LogP) is 3.88. The van der Waals surface area contributed by atoms with Gasteiger partial charge < -0.3 is 15.0 Å². The molecule has 3 aromatic rings. The zero-order valence-electron chi connectivity index (χ0n) is 15.4. The summed E-state index contributed by atoms with van der Waals surface area (Å²) in [4.78, 5) is 32.1. The van der Waals surface area contributed by atoms with Gasteiger partial charge in [0.1, 0.15) is 5.82 Å². The van der Waals surface area contributed by atoms with E-state index < -0.39 is 12.1 Å². The van der Waals surface area contributed by atoms with E-state index in [1.54, 1.807) is 43.3 Å². The third-order valence-corrected chi connectivity index (χ3v) is 4.22. The van der Waals surface area contributed by atoms with E-state index in [0.717, 1.165) is 22.8 Å². The average Bonchev–Trinajstić information content (AvgIpc) is 3.01. The molecule has 0 bridgehead atoms. The Morgan fingerprint density at radius 1 is 1.04 bits per heavy atom. The van der Waals surface area contributed by atoms with Gasteiger partial charge in [-0.2, -0.15) is 0 Å². The first-order valence-electron chi connectivity index (χ1n) is 8.64. The molecule has 1 atom stereocenters. The Balaban J connectivity index is 1.62. The number of esters is 1. The number of para-hydroxylation sites is 1. The van der Waals surface area contributed by atoms with Crippen molar-refractivity contribution in [3.8, 4) is 11.4 Å². The van der Waals surface area contributed by atoms with Crippen molar-refractivity contribution in [1.29, 1.82) is 0 Å². The average molecular weight is 363 g/mol. The zero-order chi connectivity index (χ0) is 19.4. The zero-order valence-corrected chi connectivity index (χ0v) is 15.4. The third-order valence-electron chi connectivity index (χ3n) is 4.22. The van der Waals surface area contributed by atoms with E-state index in [0.29, 0.717) is 11.3 Å². The molecule has 6 nitrogen and oxygen atoms in total. The number of hydrogen-bond acceptors (Lipinski definition) is 4. The number of carbonyl (C=O) groups excluding carboxylic acids is 2. The van der Waals surface area contributed by atoms with Crippen LogP contribution in [0.3, 0.4) is 0 Å². The largest absolute Gasteiger partial charge is 0.449 e. The van der Waals surface area contributed by atoms with Gasteiger partial charge in [-0.25, -0.2) is 9.78 Å². The van der Waals surface area contributed by atoms with Crippen LogP contribution in [0.1, 0.15) is 28.7 Å². The van der Waals surface area contributed by atoms with Gasteiger partial charge in [0.15, 0.2) is 6.10 Å². The lowest BCUT2D eigenvalue weighted by Gasteiger charge is -2.13. The first kappa shape index (κ1) is 18.4. The number of anilines is 1. The fraction of sp³-hybridized carbons (Fsp3) is 0.190. The van der Waals surface area contributed by atoms with Gasteiger partial charge in [-0.1, -0.05) is 30.3 Å². The van der Waals surface area contributed by atoms with E-state index in [1.807, 2.05) is 32.0 Å². The van der Waals surface area contributed by atoms with Crippen LogP contribution in [-0.2, 0) is 9.53 Å². The van der Waals surface area contributed by atoms with Gasteiger partial charge in [-0.15, -0.1) is 0 Å². The molecule has 3 rings (SSSR count). The van der Waals surface area contributed by atoms with Crippen LogP contribution in [0.2, 0.25) is 0 Å². The summed E-state index contributed by atoms with van der Waals surface area (Å²) in [5.74, 6) is -0.183. The molecular formula is C21H21N3O3. The van der Waals surface area contributed by atoms with Gasteiger partial charge in [0.05, 0.1) is 11.3 Å². The number of nitrogens with zero attached hydrogens (tertiary/aromatic N) is 1. The predicted molar refractivity (Wildman–Crippen MR) is 103 cm³/mol. The molecule has 1 heterocycles. The smallest absolute Gasteiger partial charge is 0.338 e. The molecule has 1 aromatic heterocycles. The lowest BCUT2D eigenvalue weighted by atomic mass is 10.1. The molecule has 0 aliphatic heterocycles. The van der Waals surface area contributed by atoms with Crippen molar-refractivity contribution in [3.63, 3.8) is 0 Å². The highest BCUT2D eigenvalue weighted by Crippen LogP contribution is 2.19. The molecule has 0 saturated heterocycles. The van der Waals surface area contributed by atoms with Gasteiger partial charge in [0, 0.05) is 16.9 Å². The summed E-state index contributed by atoms with van der Waals surface area (Å²) in [6, 6.07) is 15.9. The summed E-state index contributed by atoms with van der Waals surface area (Å²) < 4.78 is 5.26. The lowest BCUT2D eigenvalue weighted by molar-refractivity contribution is -0.123. The Labute approximate surface area is 157 Å². The van der Waals surface area contributed by atoms with Crippen molar-refractivity contribution in [2.75, 3.05) is 5.32 Å². The number of aromatic amines is 1. The minimum atomic E-state index is -0.909. The topological polar surface area (TPSA) is 84.1 Å². The summed E-state index contributed by atoms with van der Waals surface area (Å²) >= 11 is 0. The van der Waals surface area contributed by atoms with Crippen molar-refractivity contribution >= 4 is 17.6 Å². The lowest BCUT2D eigenvalue weighted by Crippen LogP contribution is -2.29. The Morgan fingerprint density at radius 2 is 1.70 bits per heavy atom. The van der Waals surface area contributed by atoms with E-state index >= 15 is 0 Å². The van der Waals surface area contributed by atoms with Crippen LogP contribution in [0, 0.1) is 13.8 Å². The molecule has 0 radical (unpaired) electrons. The van der Waals surface area contributed by atoms with Gasteiger partial charge in [0.25, 0.3) is 5.91 Å². The molecule has 27 heavy (non-hydrogen) atoms. The van der Waals surface area contributed by atoms with Crippen LogP contribution in [0.25, 0.3) is 11.4 Å². The SMILES string of the molecule is Cc1nc(-c2ccc(C(=O)OC(C)C(=O)Nc3ccccc3)cc2)[nH]c1C. The van der Waals surface area contributed by atoms with E-state index in [2.05, 4.69) is 15.3 Å². The molecule has 0 spiro atoms. The van der Waals surface area contributed by atoms with Crippen LogP contribution < -0.4 is 5.32 Å². The Morgan fingerprint density at radius 3 is 2.30 bits per heavy atom. The van der Waals surface area contributed by atoms with Crippen LogP contribution in [0.5, 0.6) is 0 Å². The van der Waals surface area contributed by atoms with Crippen LogP contribution in [-0.4, -0.2) is 27.9 Å². The van der Waals surface area contributed by atoms with Crippen molar-refractivity contribution < 1.29 is 14.3 Å². The fourth-order valence-electron chi connectivity index (χ4n) is 2.50. The quantitative estimate of drug-likeness (QED) is 0.674. The molecule has 1 amide bonds. The number of benzene rings is 2. The summed E-state index contributed by atoms with van der Waals surface area (Å²) in [6.07, 6.45) is -0.909. The Hall–Kier alpha value is -3.41. The van der Waals surface area contributed by atoms with Crippen molar-refractivity contribution in [2.45, 2.75) is 26.9 Å². The second-order valence-corrected chi connectivity index (χ2v) is 6.28. The van der Waals surface area contributed by atoms with Crippen molar-refractivity contribution in [3.05, 3.63) is 71.5 Å². The second-order valence-electron chi connectivity index (χ2n) is 6.28. The van der Waals surface area contributed by atoms with E-state index in [9.17, 15) is 9.59 Å². The second kappa shape index (κ2) is 7.86. The number of aromatic nitrogens is 2. The number of carbonyl (C=O) groups is 2. The van der Waals surface area contributed by atoms with E-state index in [-0.39, 0.29) is 5.91 Å². The maximum atomic E-state index is 12.3. The number of amides is 1. The summed E-state index contributed by atoms with van der Waals surface area (Å²) in [5.41, 5.74) is 3.84. The molecular weight excluding hydrogens is 342 g/mol. The number of nitrogens with one attached hydrogen (secondary N) is 2. The molecule has 138 valence electrons. The minimum Gasteiger partial charge on any atom is -0.449 e. The maximum Gasteiger partial charge on any atom is 0.338 e. The van der Waals surface area contributed by atoms with Crippen LogP contribution in [0.4, 0.5) is 5.69 Å². The number of ether oxygens (including phenoxy) is 1. The van der Waals surface area contributed by atoms with Gasteiger partial charge in [-0.05, 0) is 45.0 Å². The van der Waals surface area contributed by atoms with Crippen LogP contribution >= 0.6 is 0 Å². The number of H-pyrrole nitrogens is 1. The molecule has 0 fully saturated rings. The molecule has 2 aromatic carbocycles. The van der Waals surface area contributed by atoms with Gasteiger partial charge >= 0.3 is 5.97 Å². The molecule has 0 aliphatic carbocycles. The summed E-state index contributed by atoms with van der Waals surface area (Å²) in [5, 5.41) is 2.71. The van der Waals surface area contributed by atoms with Gasteiger partial charge in [-0.3, -0.25) is 4.79 Å². The fourth-order valence-corrected chi connectivity index (χ4v) is 2.50. The highest BCUT2D eigenvalue weighted by molar-refractivity contribution is 5.97. The summed E-state index contributed by atoms with van der Waals surface area (Å²) in [6.45, 7) is 5.43. The van der Waals surface area contributed by atoms with E-state index in [1.165, 1.54) is 0 Å². The number of rotatable bonds is 5. The molecule has 1 unspecified atom stereocenters. The van der Waals surface area contributed by atoms with Crippen molar-refractivity contribution in [2.24, 2.45) is 0 Å².